The second kappa shape index (κ2) is 12.5. The maximum Gasteiger partial charge on any atom is 0.481 e. The fourth-order valence-corrected chi connectivity index (χ4v) is 6.80. The Kier molecular flexibility index (Phi) is 9.18. The second-order valence-corrected chi connectivity index (χ2v) is 12.8. The number of carbonyl (C=O) groups is 1. The van der Waals surface area contributed by atoms with Crippen molar-refractivity contribution in [3.8, 4) is 0 Å². The lowest BCUT2D eigenvalue weighted by Gasteiger charge is -2.20. The Morgan fingerprint density at radius 1 is 1.02 bits per heavy atom. The van der Waals surface area contributed by atoms with Gasteiger partial charge in [-0.25, -0.2) is 14.1 Å². The van der Waals surface area contributed by atoms with E-state index >= 15 is 0 Å². The summed E-state index contributed by atoms with van der Waals surface area (Å²) in [7, 11) is -10.8. The zero-order valence-corrected chi connectivity index (χ0v) is 24.0. The molecule has 10 atom stereocenters. The number of rotatable bonds is 11. The molecular formula is C22H28N5O15P2+. The van der Waals surface area contributed by atoms with E-state index in [9.17, 15) is 48.9 Å². The number of nitrogens with one attached hydrogen (secondary N) is 1. The predicted molar refractivity (Wildman–Crippen MR) is 140 cm³/mol. The number of aliphatic hydroxyl groups excluding tert-OH is 4. The Balaban J connectivity index is 1.16. The number of aliphatic hydroxyl groups is 4. The molecule has 2 saturated heterocycles. The Labute approximate surface area is 246 Å². The molecule has 20 nitrogen and oxygen atoms in total. The van der Waals surface area contributed by atoms with E-state index in [1.165, 1.54) is 45.9 Å². The highest BCUT2D eigenvalue weighted by atomic mass is 31.3. The SMILES string of the molecule is NC(=O)c1ccc[n+]([C@@H]2O[C@H](COP(=O)(O)OP(=O)(O)OC[C@H]3O[C@@H](n4ccc5c(=O)[nH]cnc54)[C@H](O)[C@@H]3O)[C@@H](O)[C@H]2O)c1. The van der Waals surface area contributed by atoms with E-state index in [-0.39, 0.29) is 16.6 Å². The number of amides is 1. The van der Waals surface area contributed by atoms with Gasteiger partial charge in [0.25, 0.3) is 17.7 Å². The number of primary amides is 1. The molecule has 2 aliphatic rings. The zero-order valence-electron chi connectivity index (χ0n) is 22.2. The van der Waals surface area contributed by atoms with E-state index in [0.717, 1.165) is 6.33 Å². The topological polar surface area (TPSA) is 299 Å². The number of nitrogens with two attached hydrogens (primary N) is 1. The van der Waals surface area contributed by atoms with Gasteiger partial charge < -0.3 is 55.0 Å². The molecule has 1 amide bonds. The number of phosphoric acid groups is 2. The maximum atomic E-state index is 12.4. The van der Waals surface area contributed by atoms with E-state index in [1.807, 2.05) is 0 Å². The molecule has 22 heteroatoms. The third-order valence-corrected chi connectivity index (χ3v) is 9.48. The van der Waals surface area contributed by atoms with Gasteiger partial charge in [0.2, 0.25) is 0 Å². The molecule has 9 N–H and O–H groups in total. The molecule has 240 valence electrons. The number of hydrogen-bond donors (Lipinski definition) is 8. The number of nitrogens with zero attached hydrogens (tertiary/aromatic N) is 3. The quantitative estimate of drug-likeness (QED) is 0.0764. The Morgan fingerprint density at radius 3 is 2.32 bits per heavy atom. The molecule has 5 rings (SSSR count). The van der Waals surface area contributed by atoms with Gasteiger partial charge in [-0.2, -0.15) is 8.88 Å². The summed E-state index contributed by atoms with van der Waals surface area (Å²) >= 11 is 0. The lowest BCUT2D eigenvalue weighted by Crippen LogP contribution is -2.46. The number of aromatic nitrogens is 4. The first kappa shape index (κ1) is 32.5. The molecule has 0 spiro atoms. The van der Waals surface area contributed by atoms with Gasteiger partial charge in [0.15, 0.2) is 24.7 Å². The molecule has 0 radical (unpaired) electrons. The molecule has 3 aromatic heterocycles. The number of H-pyrrole nitrogens is 1. The van der Waals surface area contributed by atoms with Crippen LogP contribution >= 0.6 is 15.6 Å². The van der Waals surface area contributed by atoms with Crippen molar-refractivity contribution < 1.29 is 71.5 Å². The van der Waals surface area contributed by atoms with Gasteiger partial charge in [-0.3, -0.25) is 18.6 Å². The Hall–Kier alpha value is -2.94. The standard InChI is InChI=1S/C22H27N5O15P2/c23-18(32)10-2-1-4-26(6-10)21-16(30)14(28)12(40-21)7-38-43(34,35)42-44(36,37)39-8-13-15(29)17(31)22(41-13)27-5-3-11-19(27)24-9-25-20(11)33/h1-6,9,12-17,21-22,28-31H,7-8H2,(H4-,23,24,25,32,33,34,35,36,37)/p+1/t12-,13-,14-,15-,16-,17-,21-,22-/m1/s1. The fraction of sp³-hybridized carbons (Fsp3) is 0.455. The molecule has 5 heterocycles. The highest BCUT2D eigenvalue weighted by molar-refractivity contribution is 7.61. The average molecular weight is 664 g/mol. The number of ether oxygens (including phenoxy) is 2. The lowest BCUT2D eigenvalue weighted by molar-refractivity contribution is -0.765. The number of phosphoric ester groups is 2. The summed E-state index contributed by atoms with van der Waals surface area (Å²) in [6.45, 7) is -1.81. The van der Waals surface area contributed by atoms with Gasteiger partial charge >= 0.3 is 15.6 Å². The zero-order chi connectivity index (χ0) is 32.0. The summed E-state index contributed by atoms with van der Waals surface area (Å²) < 4.78 is 52.0. The Morgan fingerprint density at radius 2 is 1.66 bits per heavy atom. The van der Waals surface area contributed by atoms with Crippen LogP contribution in [-0.4, -0.2) is 100 Å². The van der Waals surface area contributed by atoms with E-state index in [1.54, 1.807) is 0 Å². The van der Waals surface area contributed by atoms with E-state index in [4.69, 9.17) is 19.7 Å². The first-order valence-corrected chi connectivity index (χ1v) is 15.7. The van der Waals surface area contributed by atoms with Crippen LogP contribution < -0.4 is 15.9 Å². The fourth-order valence-electron chi connectivity index (χ4n) is 4.71. The van der Waals surface area contributed by atoms with E-state index in [2.05, 4.69) is 18.8 Å². The van der Waals surface area contributed by atoms with Crippen LogP contribution in [0.1, 0.15) is 22.8 Å². The van der Waals surface area contributed by atoms with Crippen molar-refractivity contribution in [2.45, 2.75) is 49.1 Å². The maximum absolute atomic E-state index is 12.4. The van der Waals surface area contributed by atoms with Gasteiger partial charge in [-0.1, -0.05) is 0 Å². The normalized spacial score (nSPS) is 31.6. The number of fused-ring (bicyclic) bond motifs is 1. The highest BCUT2D eigenvalue weighted by Crippen LogP contribution is 2.60. The molecule has 2 fully saturated rings. The van der Waals surface area contributed by atoms with Crippen LogP contribution in [0, 0.1) is 0 Å². The Bertz CT molecular complexity index is 1680. The van der Waals surface area contributed by atoms with Crippen LogP contribution in [0.5, 0.6) is 0 Å². The van der Waals surface area contributed by atoms with Crippen LogP contribution in [0.15, 0.2) is 47.9 Å². The first-order chi connectivity index (χ1) is 20.7. The number of aromatic amines is 1. The van der Waals surface area contributed by atoms with Crippen molar-refractivity contribution in [3.63, 3.8) is 0 Å². The summed E-state index contributed by atoms with van der Waals surface area (Å²) in [5.74, 6) is -0.768. The summed E-state index contributed by atoms with van der Waals surface area (Å²) in [6, 6.07) is 4.23. The summed E-state index contributed by atoms with van der Waals surface area (Å²) in [6.07, 6.45) is -6.78. The van der Waals surface area contributed by atoms with Crippen LogP contribution in [-0.2, 0) is 32.0 Å². The van der Waals surface area contributed by atoms with Gasteiger partial charge in [0.05, 0.1) is 24.9 Å². The van der Waals surface area contributed by atoms with Crippen molar-refractivity contribution in [1.82, 2.24) is 14.5 Å². The summed E-state index contributed by atoms with van der Waals surface area (Å²) in [4.78, 5) is 49.8. The third-order valence-electron chi connectivity index (χ3n) is 6.87. The van der Waals surface area contributed by atoms with E-state index < -0.39 is 89.4 Å². The predicted octanol–water partition coefficient (Wildman–Crippen LogP) is -2.70. The largest absolute Gasteiger partial charge is 0.481 e. The molecular weight excluding hydrogens is 636 g/mol. The molecule has 0 aromatic carbocycles. The summed E-state index contributed by atoms with van der Waals surface area (Å²) in [5.41, 5.74) is 4.96. The van der Waals surface area contributed by atoms with Gasteiger partial charge in [0.1, 0.15) is 41.7 Å². The van der Waals surface area contributed by atoms with Crippen LogP contribution in [0.3, 0.4) is 0 Å². The molecule has 2 aliphatic heterocycles. The highest BCUT2D eigenvalue weighted by Gasteiger charge is 2.50. The third kappa shape index (κ3) is 6.68. The van der Waals surface area contributed by atoms with Crippen LogP contribution in [0.4, 0.5) is 0 Å². The van der Waals surface area contributed by atoms with Gasteiger partial charge in [-0.05, 0) is 12.1 Å². The van der Waals surface area contributed by atoms with Gasteiger partial charge in [0, 0.05) is 12.3 Å². The van der Waals surface area contributed by atoms with Crippen molar-refractivity contribution in [3.05, 3.63) is 59.0 Å². The van der Waals surface area contributed by atoms with Crippen molar-refractivity contribution in [1.29, 1.82) is 0 Å². The number of pyridine rings is 1. The molecule has 0 bridgehead atoms. The van der Waals surface area contributed by atoms with Crippen LogP contribution in [0.2, 0.25) is 0 Å². The lowest BCUT2D eigenvalue weighted by atomic mass is 10.1. The van der Waals surface area contributed by atoms with Crippen molar-refractivity contribution >= 4 is 32.6 Å². The summed E-state index contributed by atoms with van der Waals surface area (Å²) in [5, 5.41) is 41.8. The molecule has 0 saturated carbocycles. The first-order valence-electron chi connectivity index (χ1n) is 12.7. The number of hydrogen-bond acceptors (Lipinski definition) is 14. The minimum absolute atomic E-state index is 0.0665. The average Bonchev–Trinajstić information content (AvgIpc) is 3.61. The monoisotopic (exact) mass is 664 g/mol. The molecule has 44 heavy (non-hydrogen) atoms. The van der Waals surface area contributed by atoms with E-state index in [0.29, 0.717) is 0 Å². The smallest absolute Gasteiger partial charge is 0.387 e. The van der Waals surface area contributed by atoms with Crippen molar-refractivity contribution in [2.24, 2.45) is 5.73 Å². The minimum Gasteiger partial charge on any atom is -0.387 e. The van der Waals surface area contributed by atoms with Crippen LogP contribution in [0.25, 0.3) is 11.0 Å². The minimum atomic E-state index is -5.38. The second-order valence-electron chi connectivity index (χ2n) is 9.80. The van der Waals surface area contributed by atoms with Crippen molar-refractivity contribution in [2.75, 3.05) is 13.2 Å². The van der Waals surface area contributed by atoms with Gasteiger partial charge in [-0.15, -0.1) is 0 Å². The molecule has 3 aromatic rings. The number of carbonyl (C=O) groups excluding carboxylic acids is 1. The molecule has 0 aliphatic carbocycles. The molecule has 2 unspecified atom stereocenters.